The van der Waals surface area contributed by atoms with Crippen molar-refractivity contribution in [1.29, 1.82) is 0 Å². The first-order chi connectivity index (χ1) is 18.5. The first-order valence-electron chi connectivity index (χ1n) is 12.6. The van der Waals surface area contributed by atoms with Crippen molar-refractivity contribution in [3.63, 3.8) is 0 Å². The normalized spacial score (nSPS) is 14.2. The van der Waals surface area contributed by atoms with Gasteiger partial charge in [-0.05, 0) is 43.2 Å². The van der Waals surface area contributed by atoms with Crippen molar-refractivity contribution in [1.82, 2.24) is 4.48 Å². The van der Waals surface area contributed by atoms with Crippen LogP contribution in [-0.4, -0.2) is 17.6 Å². The first-order valence-corrected chi connectivity index (χ1v) is 12.6. The van der Waals surface area contributed by atoms with Crippen LogP contribution in [0.15, 0.2) is 120 Å². The van der Waals surface area contributed by atoms with Gasteiger partial charge in [-0.2, -0.15) is 0 Å². The summed E-state index contributed by atoms with van der Waals surface area (Å²) in [5.41, 5.74) is 8.16. The number of aliphatic imine (C=N–C) groups is 1. The highest BCUT2D eigenvalue weighted by Crippen LogP contribution is 2.39. The molecule has 0 saturated carbocycles. The highest BCUT2D eigenvalue weighted by Gasteiger charge is 2.29. The topological polar surface area (TPSA) is 17.3 Å². The predicted molar refractivity (Wildman–Crippen MR) is 156 cm³/mol. The van der Waals surface area contributed by atoms with E-state index < -0.39 is 7.40 Å². The summed E-state index contributed by atoms with van der Waals surface area (Å²) in [6, 6.07) is 33.6. The summed E-state index contributed by atoms with van der Waals surface area (Å²) >= 11 is 0. The van der Waals surface area contributed by atoms with Crippen LogP contribution in [0, 0.1) is 13.8 Å². The van der Waals surface area contributed by atoms with Crippen LogP contribution < -0.4 is 0 Å². The fourth-order valence-corrected chi connectivity index (χ4v) is 5.09. The molecule has 1 aliphatic rings. The first kappa shape index (κ1) is 23.9. The Kier molecular flexibility index (Phi) is 6.12. The summed E-state index contributed by atoms with van der Waals surface area (Å²) in [6.45, 7) is 3.98. The molecule has 0 spiro atoms. The fourth-order valence-electron chi connectivity index (χ4n) is 5.09. The summed E-state index contributed by atoms with van der Waals surface area (Å²) in [6.07, 6.45) is 3.86. The zero-order chi connectivity index (χ0) is 26.2. The van der Waals surface area contributed by atoms with Gasteiger partial charge in [0.15, 0.2) is 0 Å². The molecular weight excluding hydrogens is 473 g/mol. The van der Waals surface area contributed by atoms with Crippen molar-refractivity contribution in [3.05, 3.63) is 143 Å². The zero-order valence-corrected chi connectivity index (χ0v) is 21.2. The molecule has 5 aromatic rings. The van der Waals surface area contributed by atoms with Crippen molar-refractivity contribution in [2.75, 3.05) is 0 Å². The van der Waals surface area contributed by atoms with Crippen molar-refractivity contribution in [2.24, 2.45) is 4.99 Å². The van der Waals surface area contributed by atoms with Gasteiger partial charge in [0.05, 0.1) is 11.4 Å². The van der Waals surface area contributed by atoms with Crippen LogP contribution in [0.25, 0.3) is 33.7 Å². The predicted octanol–water partition coefficient (Wildman–Crippen LogP) is 8.62. The average molecular weight is 498 g/mol. The zero-order valence-electron chi connectivity index (χ0n) is 21.2. The quantitative estimate of drug-likeness (QED) is 0.216. The Bertz CT molecular complexity index is 1730. The number of benzene rings is 4. The molecule has 4 aromatic carbocycles. The second kappa shape index (κ2) is 9.75. The van der Waals surface area contributed by atoms with Gasteiger partial charge in [0, 0.05) is 33.3 Å². The second-order valence-corrected chi connectivity index (χ2v) is 9.61. The Morgan fingerprint density at radius 1 is 0.684 bits per heavy atom. The summed E-state index contributed by atoms with van der Waals surface area (Å²) in [5, 5.41) is 1.58. The number of aromatic nitrogens is 1. The smallest absolute Gasteiger partial charge is 0.324 e. The van der Waals surface area contributed by atoms with Gasteiger partial charge < -0.3 is 4.48 Å². The Morgan fingerprint density at radius 3 is 1.97 bits per heavy atom. The van der Waals surface area contributed by atoms with E-state index in [4.69, 9.17) is 4.99 Å². The van der Waals surface area contributed by atoms with Gasteiger partial charge in [-0.3, -0.25) is 8.63 Å². The van der Waals surface area contributed by atoms with Gasteiger partial charge >= 0.3 is 7.40 Å². The minimum Gasteiger partial charge on any atom is -0.324 e. The number of fused-ring (bicyclic) bond motifs is 1. The lowest BCUT2D eigenvalue weighted by Crippen LogP contribution is -2.16. The third kappa shape index (κ3) is 4.30. The molecule has 0 fully saturated rings. The van der Waals surface area contributed by atoms with E-state index in [0.717, 1.165) is 54.4 Å². The number of allylic oxidation sites excluding steroid dienone is 2. The molecule has 2 heterocycles. The van der Waals surface area contributed by atoms with Crippen LogP contribution in [0.4, 0.5) is 8.63 Å². The maximum absolute atomic E-state index is 14.9. The highest BCUT2D eigenvalue weighted by atomic mass is 19.2. The van der Waals surface area contributed by atoms with Gasteiger partial charge in [0.2, 0.25) is 0 Å². The molecule has 6 rings (SSSR count). The molecule has 1 aromatic heterocycles. The molecule has 38 heavy (non-hydrogen) atoms. The standard InChI is InChI=1S/C33H25BF2N2/c1-22-13-16-26(17-14-22)33-27-18-15-23(2)19-29(27)32(38(33)34(35)36)21-31-28(24-9-5-3-6-10-24)20-30(37-31)25-11-7-4-8-12-25/h3-21H,1-2H3. The third-order valence-electron chi connectivity index (χ3n) is 6.95. The molecule has 0 aliphatic carbocycles. The van der Waals surface area contributed by atoms with Crippen molar-refractivity contribution in [3.8, 4) is 11.3 Å². The van der Waals surface area contributed by atoms with E-state index >= 15 is 0 Å². The summed E-state index contributed by atoms with van der Waals surface area (Å²) in [7, 11) is -2.73. The van der Waals surface area contributed by atoms with E-state index in [2.05, 4.69) is 0 Å². The Labute approximate surface area is 221 Å². The molecular formula is C33H25BF2N2. The van der Waals surface area contributed by atoms with E-state index in [0.29, 0.717) is 17.1 Å². The lowest BCUT2D eigenvalue weighted by molar-refractivity contribution is 0.631. The van der Waals surface area contributed by atoms with Gasteiger partial charge in [-0.15, -0.1) is 0 Å². The molecule has 184 valence electrons. The van der Waals surface area contributed by atoms with Crippen LogP contribution in [-0.2, 0) is 0 Å². The van der Waals surface area contributed by atoms with Crippen LogP contribution >= 0.6 is 0 Å². The third-order valence-corrected chi connectivity index (χ3v) is 6.95. The number of rotatable bonds is 5. The maximum atomic E-state index is 14.9. The number of halogens is 2. The van der Waals surface area contributed by atoms with Crippen LogP contribution in [0.3, 0.4) is 0 Å². The number of hydrogen-bond donors (Lipinski definition) is 0. The molecule has 0 unspecified atom stereocenters. The molecule has 0 radical (unpaired) electrons. The van der Waals surface area contributed by atoms with Crippen molar-refractivity contribution < 1.29 is 8.63 Å². The molecule has 2 nitrogen and oxygen atoms in total. The van der Waals surface area contributed by atoms with Crippen LogP contribution in [0.1, 0.15) is 27.9 Å². The van der Waals surface area contributed by atoms with Crippen molar-refractivity contribution >= 4 is 35.5 Å². The molecule has 0 amide bonds. The van der Waals surface area contributed by atoms with Gasteiger partial charge in [0.1, 0.15) is 0 Å². The highest BCUT2D eigenvalue weighted by molar-refractivity contribution is 6.43. The minimum atomic E-state index is -2.73. The van der Waals surface area contributed by atoms with E-state index in [-0.39, 0.29) is 0 Å². The molecule has 1 aliphatic heterocycles. The SMILES string of the molecule is Cc1ccc(-c2c3ccc(C)cc3c(C=C3N=C(c4ccccc4)C=C3c3ccccc3)n2B(F)F)cc1. The number of aryl methyl sites for hydroxylation is 2. The van der Waals surface area contributed by atoms with E-state index in [1.165, 1.54) is 0 Å². The van der Waals surface area contributed by atoms with Crippen LogP contribution in [0.2, 0.25) is 0 Å². The summed E-state index contributed by atoms with van der Waals surface area (Å²) < 4.78 is 31.0. The Balaban J connectivity index is 1.63. The molecule has 0 N–H and O–H groups in total. The van der Waals surface area contributed by atoms with Gasteiger partial charge in [0.25, 0.3) is 0 Å². The molecule has 0 atom stereocenters. The second-order valence-electron chi connectivity index (χ2n) is 9.61. The number of nitrogens with zero attached hydrogens (tertiary/aromatic N) is 2. The minimum absolute atomic E-state index is 0.448. The monoisotopic (exact) mass is 498 g/mol. The summed E-state index contributed by atoms with van der Waals surface area (Å²) in [4.78, 5) is 4.96. The lowest BCUT2D eigenvalue weighted by atomic mass is 10.0. The van der Waals surface area contributed by atoms with E-state index in [9.17, 15) is 8.63 Å². The van der Waals surface area contributed by atoms with E-state index in [1.54, 1.807) is 0 Å². The maximum Gasteiger partial charge on any atom is 0.678 e. The Morgan fingerprint density at radius 2 is 1.32 bits per heavy atom. The molecule has 0 saturated heterocycles. The fraction of sp³-hybridized carbons (Fsp3) is 0.0606. The molecule has 5 heteroatoms. The van der Waals surface area contributed by atoms with E-state index in [1.807, 2.05) is 129 Å². The largest absolute Gasteiger partial charge is 0.678 e. The van der Waals surface area contributed by atoms with Gasteiger partial charge in [-0.1, -0.05) is 108 Å². The van der Waals surface area contributed by atoms with Gasteiger partial charge in [-0.25, -0.2) is 4.99 Å². The summed E-state index contributed by atoms with van der Waals surface area (Å²) in [5.74, 6) is 0. The van der Waals surface area contributed by atoms with Crippen molar-refractivity contribution in [2.45, 2.75) is 13.8 Å². The lowest BCUT2D eigenvalue weighted by Gasteiger charge is -2.11. The number of hydrogen-bond acceptors (Lipinski definition) is 1. The van der Waals surface area contributed by atoms with Crippen LogP contribution in [0.5, 0.6) is 0 Å². The Hall–Kier alpha value is -4.51. The molecule has 0 bridgehead atoms. The average Bonchev–Trinajstić information content (AvgIpc) is 3.50.